The molecule has 0 saturated carbocycles. The van der Waals surface area contributed by atoms with Crippen molar-refractivity contribution in [1.82, 2.24) is 15.2 Å². The topological polar surface area (TPSA) is 105 Å². The fourth-order valence-electron chi connectivity index (χ4n) is 0.927. The van der Waals surface area contributed by atoms with Gasteiger partial charge >= 0.3 is 5.97 Å². The molecule has 1 heterocycles. The molecule has 1 atom stereocenters. The van der Waals surface area contributed by atoms with Crippen LogP contribution in [0.1, 0.15) is 18.2 Å². The Balaban J connectivity index is 2.73. The number of carboxylic acid groups (broad SMARTS) is 1. The maximum atomic E-state index is 10.6. The van der Waals surface area contributed by atoms with E-state index in [1.54, 1.807) is 0 Å². The fraction of sp³-hybridized carbons (Fsp3) is 0.500. The van der Waals surface area contributed by atoms with E-state index >= 15 is 0 Å². The number of carbonyl (C=O) groups is 1. The summed E-state index contributed by atoms with van der Waals surface area (Å²) in [6.07, 6.45) is 1.65. The van der Waals surface area contributed by atoms with Crippen LogP contribution in [0, 0.1) is 0 Å². The third-order valence-corrected chi connectivity index (χ3v) is 1.52. The summed E-state index contributed by atoms with van der Waals surface area (Å²) >= 11 is 0. The van der Waals surface area contributed by atoms with Gasteiger partial charge in [-0.15, -0.1) is 0 Å². The molecule has 4 N–H and O–H groups in total. The molecule has 1 aromatic heterocycles. The summed E-state index contributed by atoms with van der Waals surface area (Å²) in [5.41, 5.74) is 5.25. The third kappa shape index (κ3) is 1.79. The van der Waals surface area contributed by atoms with Gasteiger partial charge in [0.05, 0.1) is 0 Å². The van der Waals surface area contributed by atoms with E-state index in [9.17, 15) is 4.79 Å². The van der Waals surface area contributed by atoms with Crippen LogP contribution in [0.5, 0.6) is 0 Å². The molecule has 66 valence electrons. The molecule has 0 aliphatic carbocycles. The molecule has 0 radical (unpaired) electrons. The first kappa shape index (κ1) is 8.66. The maximum Gasteiger partial charge on any atom is 0.314 e. The lowest BCUT2D eigenvalue weighted by Gasteiger charge is -2.05. The average Bonchev–Trinajstić information content (AvgIpc) is 2.51. The Kier molecular flexibility index (Phi) is 2.76. The highest BCUT2D eigenvalue weighted by Gasteiger charge is 2.21. The van der Waals surface area contributed by atoms with Crippen molar-refractivity contribution in [3.05, 3.63) is 12.2 Å². The molecule has 6 nitrogen and oxygen atoms in total. The van der Waals surface area contributed by atoms with Gasteiger partial charge in [0.25, 0.3) is 0 Å². The SMILES string of the molecule is NCCC(C(=O)O)c1ncn[nH]1. The smallest absolute Gasteiger partial charge is 0.314 e. The molecule has 0 aromatic carbocycles. The normalized spacial score (nSPS) is 12.8. The predicted octanol–water partition coefficient (Wildman–Crippen LogP) is -0.678. The number of aromatic amines is 1. The largest absolute Gasteiger partial charge is 0.481 e. The van der Waals surface area contributed by atoms with Gasteiger partial charge in [0.2, 0.25) is 0 Å². The standard InChI is InChI=1S/C6H10N4O2/c7-2-1-4(6(11)12)5-8-3-9-10-5/h3-4H,1-2,7H2,(H,11,12)(H,8,9,10). The van der Waals surface area contributed by atoms with Crippen LogP contribution < -0.4 is 5.73 Å². The number of rotatable bonds is 4. The second kappa shape index (κ2) is 3.82. The lowest BCUT2D eigenvalue weighted by Crippen LogP contribution is -2.17. The van der Waals surface area contributed by atoms with Crippen molar-refractivity contribution in [2.24, 2.45) is 5.73 Å². The minimum Gasteiger partial charge on any atom is -0.481 e. The quantitative estimate of drug-likeness (QED) is 0.555. The van der Waals surface area contributed by atoms with E-state index in [1.165, 1.54) is 6.33 Å². The van der Waals surface area contributed by atoms with Crippen LogP contribution in [0.3, 0.4) is 0 Å². The number of nitrogens with zero attached hydrogens (tertiary/aromatic N) is 2. The lowest BCUT2D eigenvalue weighted by molar-refractivity contribution is -0.139. The van der Waals surface area contributed by atoms with E-state index in [1.807, 2.05) is 0 Å². The number of nitrogens with one attached hydrogen (secondary N) is 1. The summed E-state index contributed by atoms with van der Waals surface area (Å²) in [6, 6.07) is 0. The summed E-state index contributed by atoms with van der Waals surface area (Å²) in [4.78, 5) is 14.4. The maximum absolute atomic E-state index is 10.6. The van der Waals surface area contributed by atoms with Crippen molar-refractivity contribution in [1.29, 1.82) is 0 Å². The highest BCUT2D eigenvalue weighted by molar-refractivity contribution is 5.74. The lowest BCUT2D eigenvalue weighted by atomic mass is 10.1. The van der Waals surface area contributed by atoms with Crippen molar-refractivity contribution in [2.75, 3.05) is 6.54 Å². The Morgan fingerprint density at radius 3 is 3.00 bits per heavy atom. The Hall–Kier alpha value is -1.43. The number of nitrogens with two attached hydrogens (primary N) is 1. The number of hydrogen-bond donors (Lipinski definition) is 3. The molecule has 0 aliphatic rings. The Bertz CT molecular complexity index is 246. The van der Waals surface area contributed by atoms with Crippen LogP contribution in [0.4, 0.5) is 0 Å². The molecule has 1 unspecified atom stereocenters. The van der Waals surface area contributed by atoms with E-state index in [2.05, 4.69) is 15.2 Å². The van der Waals surface area contributed by atoms with E-state index in [-0.39, 0.29) is 0 Å². The van der Waals surface area contributed by atoms with Gasteiger partial charge < -0.3 is 10.8 Å². The number of carboxylic acids is 1. The van der Waals surface area contributed by atoms with E-state index in [4.69, 9.17) is 10.8 Å². The summed E-state index contributed by atoms with van der Waals surface area (Å²) in [6.45, 7) is 0.317. The Labute approximate surface area is 68.8 Å². The van der Waals surface area contributed by atoms with Gasteiger partial charge in [-0.1, -0.05) is 0 Å². The molecule has 0 bridgehead atoms. The summed E-state index contributed by atoms with van der Waals surface area (Å²) in [5.74, 6) is -1.25. The monoisotopic (exact) mass is 170 g/mol. The molecule has 1 rings (SSSR count). The second-order valence-corrected chi connectivity index (χ2v) is 2.34. The van der Waals surface area contributed by atoms with Crippen LogP contribution in [0.15, 0.2) is 6.33 Å². The minimum atomic E-state index is -0.933. The zero-order valence-electron chi connectivity index (χ0n) is 6.40. The highest BCUT2D eigenvalue weighted by atomic mass is 16.4. The number of aliphatic carboxylic acids is 1. The first-order valence-electron chi connectivity index (χ1n) is 3.54. The second-order valence-electron chi connectivity index (χ2n) is 2.34. The Morgan fingerprint density at radius 1 is 1.83 bits per heavy atom. The van der Waals surface area contributed by atoms with E-state index in [0.29, 0.717) is 18.8 Å². The highest BCUT2D eigenvalue weighted by Crippen LogP contribution is 2.13. The molecular formula is C6H10N4O2. The third-order valence-electron chi connectivity index (χ3n) is 1.52. The van der Waals surface area contributed by atoms with Crippen LogP contribution >= 0.6 is 0 Å². The minimum absolute atomic E-state index is 0.317. The number of aromatic nitrogens is 3. The first-order valence-corrected chi connectivity index (χ1v) is 3.54. The number of hydrogen-bond acceptors (Lipinski definition) is 4. The molecule has 12 heavy (non-hydrogen) atoms. The van der Waals surface area contributed by atoms with Crippen LogP contribution in [0.2, 0.25) is 0 Å². The summed E-state index contributed by atoms with van der Waals surface area (Å²) < 4.78 is 0. The van der Waals surface area contributed by atoms with Gasteiger partial charge in [-0.3, -0.25) is 9.89 Å². The van der Waals surface area contributed by atoms with Gasteiger partial charge in [0, 0.05) is 0 Å². The Morgan fingerprint density at radius 2 is 2.58 bits per heavy atom. The molecule has 0 saturated heterocycles. The van der Waals surface area contributed by atoms with Gasteiger partial charge in [0.15, 0.2) is 0 Å². The zero-order valence-corrected chi connectivity index (χ0v) is 6.40. The summed E-state index contributed by atoms with van der Waals surface area (Å²) in [5, 5.41) is 14.8. The van der Waals surface area contributed by atoms with Crippen molar-refractivity contribution in [3.63, 3.8) is 0 Å². The van der Waals surface area contributed by atoms with Gasteiger partial charge in [-0.25, -0.2) is 4.98 Å². The van der Waals surface area contributed by atoms with Crippen molar-refractivity contribution in [2.45, 2.75) is 12.3 Å². The molecule has 0 amide bonds. The molecular weight excluding hydrogens is 160 g/mol. The molecule has 1 aromatic rings. The van der Waals surface area contributed by atoms with Crippen molar-refractivity contribution in [3.8, 4) is 0 Å². The molecule has 0 aliphatic heterocycles. The zero-order chi connectivity index (χ0) is 8.97. The number of H-pyrrole nitrogens is 1. The van der Waals surface area contributed by atoms with Crippen LogP contribution in [0.25, 0.3) is 0 Å². The van der Waals surface area contributed by atoms with Crippen molar-refractivity contribution < 1.29 is 9.90 Å². The fourth-order valence-corrected chi connectivity index (χ4v) is 0.927. The molecule has 6 heteroatoms. The van der Waals surface area contributed by atoms with E-state index in [0.717, 1.165) is 0 Å². The molecule has 0 spiro atoms. The molecule has 0 fully saturated rings. The van der Waals surface area contributed by atoms with Gasteiger partial charge in [-0.2, -0.15) is 5.10 Å². The predicted molar refractivity (Wildman–Crippen MR) is 40.4 cm³/mol. The van der Waals surface area contributed by atoms with Gasteiger partial charge in [0.1, 0.15) is 18.1 Å². The van der Waals surface area contributed by atoms with E-state index < -0.39 is 11.9 Å². The average molecular weight is 170 g/mol. The van der Waals surface area contributed by atoms with Gasteiger partial charge in [-0.05, 0) is 13.0 Å². The summed E-state index contributed by atoms with van der Waals surface area (Å²) in [7, 11) is 0. The first-order chi connectivity index (χ1) is 5.75. The van der Waals surface area contributed by atoms with Crippen LogP contribution in [-0.2, 0) is 4.79 Å². The van der Waals surface area contributed by atoms with Crippen LogP contribution in [-0.4, -0.2) is 32.8 Å². The van der Waals surface area contributed by atoms with Crippen molar-refractivity contribution >= 4 is 5.97 Å².